The van der Waals surface area contributed by atoms with E-state index in [4.69, 9.17) is 10.5 Å². The zero-order valence-corrected chi connectivity index (χ0v) is 5.67. The third-order valence-electron chi connectivity index (χ3n) is 2.38. The fourth-order valence-electron chi connectivity index (χ4n) is 1.52. The van der Waals surface area contributed by atoms with Crippen LogP contribution < -0.4 is 5.73 Å². The third-order valence-corrected chi connectivity index (χ3v) is 2.38. The second kappa shape index (κ2) is 1.63. The molecule has 10 heavy (non-hydrogen) atoms. The molecule has 4 nitrogen and oxygen atoms in total. The average molecular weight is 142 g/mol. The van der Waals surface area contributed by atoms with Gasteiger partial charge in [0, 0.05) is 6.54 Å². The zero-order valence-electron chi connectivity index (χ0n) is 5.67. The Morgan fingerprint density at radius 1 is 1.60 bits per heavy atom. The van der Waals surface area contributed by atoms with Crippen molar-refractivity contribution in [3.8, 4) is 0 Å². The molecule has 0 aromatic rings. The van der Waals surface area contributed by atoms with E-state index in [0.717, 1.165) is 13.0 Å². The molecule has 0 aromatic carbocycles. The summed E-state index contributed by atoms with van der Waals surface area (Å²) in [4.78, 5) is 12.4. The van der Waals surface area contributed by atoms with Crippen LogP contribution in [0.2, 0.25) is 0 Å². The molecule has 2 N–H and O–H groups in total. The molecule has 2 aliphatic rings. The first-order chi connectivity index (χ1) is 4.75. The second-order valence-corrected chi connectivity index (χ2v) is 2.96. The first-order valence-electron chi connectivity index (χ1n) is 3.39. The highest BCUT2D eigenvalue weighted by molar-refractivity contribution is 5.74. The molecule has 0 radical (unpaired) electrons. The highest BCUT2D eigenvalue weighted by Gasteiger charge is 2.52. The minimum absolute atomic E-state index is 0.0197. The van der Waals surface area contributed by atoms with Crippen molar-refractivity contribution in [2.24, 2.45) is 5.73 Å². The van der Waals surface area contributed by atoms with E-state index >= 15 is 0 Å². The van der Waals surface area contributed by atoms with Crippen LogP contribution in [0.1, 0.15) is 6.42 Å². The molecule has 0 bridgehead atoms. The Balaban J connectivity index is 2.05. The quantitative estimate of drug-likeness (QED) is 0.497. The van der Waals surface area contributed by atoms with Gasteiger partial charge in [0.15, 0.2) is 0 Å². The highest BCUT2D eigenvalue weighted by atomic mass is 16.5. The number of urea groups is 1. The van der Waals surface area contributed by atoms with E-state index < -0.39 is 0 Å². The lowest BCUT2D eigenvalue weighted by molar-refractivity contribution is -0.169. The summed E-state index contributed by atoms with van der Waals surface area (Å²) >= 11 is 0. The molecule has 2 fully saturated rings. The van der Waals surface area contributed by atoms with Crippen LogP contribution in [0.3, 0.4) is 0 Å². The van der Waals surface area contributed by atoms with Gasteiger partial charge in [-0.05, 0) is 6.42 Å². The zero-order chi connectivity index (χ0) is 7.19. The largest absolute Gasteiger partial charge is 0.376 e. The summed E-state index contributed by atoms with van der Waals surface area (Å²) in [6.45, 7) is 2.16. The molecule has 4 heteroatoms. The molecule has 0 aliphatic carbocycles. The number of carbonyl (C=O) groups is 1. The fraction of sp³-hybridized carbons (Fsp3) is 0.833. The Hall–Kier alpha value is -0.770. The van der Waals surface area contributed by atoms with Crippen molar-refractivity contribution < 1.29 is 9.53 Å². The van der Waals surface area contributed by atoms with Crippen molar-refractivity contribution >= 4 is 6.03 Å². The van der Waals surface area contributed by atoms with Crippen LogP contribution in [0.5, 0.6) is 0 Å². The predicted octanol–water partition coefficient (Wildman–Crippen LogP) is -0.460. The first kappa shape index (κ1) is 5.97. The molecule has 2 saturated heterocycles. The second-order valence-electron chi connectivity index (χ2n) is 2.96. The van der Waals surface area contributed by atoms with Crippen molar-refractivity contribution in [3.05, 3.63) is 0 Å². The number of rotatable bonds is 0. The van der Waals surface area contributed by atoms with Crippen LogP contribution in [0, 0.1) is 0 Å². The molecule has 56 valence electrons. The molecule has 2 amide bonds. The summed E-state index contributed by atoms with van der Waals surface area (Å²) < 4.78 is 5.01. The number of primary amides is 1. The Bertz CT molecular complexity index is 171. The number of ether oxygens (including phenoxy) is 1. The predicted molar refractivity (Wildman–Crippen MR) is 34.5 cm³/mol. The van der Waals surface area contributed by atoms with Crippen LogP contribution in [0.4, 0.5) is 4.79 Å². The van der Waals surface area contributed by atoms with Crippen molar-refractivity contribution in [2.75, 3.05) is 19.8 Å². The van der Waals surface area contributed by atoms with Crippen LogP contribution >= 0.6 is 0 Å². The van der Waals surface area contributed by atoms with Gasteiger partial charge >= 0.3 is 6.03 Å². The maximum absolute atomic E-state index is 10.7. The van der Waals surface area contributed by atoms with Gasteiger partial charge in [-0.25, -0.2) is 4.79 Å². The van der Waals surface area contributed by atoms with Crippen molar-refractivity contribution in [2.45, 2.75) is 12.0 Å². The fourth-order valence-corrected chi connectivity index (χ4v) is 1.52. The van der Waals surface area contributed by atoms with Gasteiger partial charge in [0.05, 0.1) is 18.8 Å². The summed E-state index contributed by atoms with van der Waals surface area (Å²) in [5.41, 5.74) is 5.13. The summed E-state index contributed by atoms with van der Waals surface area (Å²) in [5.74, 6) is 0. The van der Waals surface area contributed by atoms with Crippen molar-refractivity contribution in [1.82, 2.24) is 4.90 Å². The molecule has 0 unspecified atom stereocenters. The van der Waals surface area contributed by atoms with Gasteiger partial charge in [0.2, 0.25) is 0 Å². The normalized spacial score (nSPS) is 27.4. The van der Waals surface area contributed by atoms with Crippen LogP contribution in [0.15, 0.2) is 0 Å². The molecule has 2 aliphatic heterocycles. The van der Waals surface area contributed by atoms with E-state index in [9.17, 15) is 4.79 Å². The number of carbonyl (C=O) groups excluding carboxylic acids is 1. The Labute approximate surface area is 58.9 Å². The molecule has 1 spiro atoms. The Morgan fingerprint density at radius 2 is 2.30 bits per heavy atom. The van der Waals surface area contributed by atoms with E-state index in [1.807, 2.05) is 0 Å². The lowest BCUT2D eigenvalue weighted by Gasteiger charge is -2.56. The number of amides is 2. The summed E-state index contributed by atoms with van der Waals surface area (Å²) in [7, 11) is 0. The van der Waals surface area contributed by atoms with Crippen LogP contribution in [-0.2, 0) is 4.74 Å². The maximum atomic E-state index is 10.7. The molecule has 2 heterocycles. The first-order valence-corrected chi connectivity index (χ1v) is 3.39. The van der Waals surface area contributed by atoms with Crippen molar-refractivity contribution in [1.29, 1.82) is 0 Å². The summed E-state index contributed by atoms with van der Waals surface area (Å²) in [5, 5.41) is 0. The van der Waals surface area contributed by atoms with Crippen LogP contribution in [0.25, 0.3) is 0 Å². The molecule has 0 aromatic heterocycles. The minimum Gasteiger partial charge on any atom is -0.376 e. The van der Waals surface area contributed by atoms with Gasteiger partial charge in [-0.15, -0.1) is 0 Å². The standard InChI is InChI=1S/C6H10N2O2/c7-5(9)8-2-1-6(8)3-10-4-6/h1-4H2,(H2,7,9). The minimum atomic E-state index is -0.311. The molecular formula is C6H10N2O2. The Morgan fingerprint density at radius 3 is 2.40 bits per heavy atom. The monoisotopic (exact) mass is 142 g/mol. The average Bonchev–Trinajstić information content (AvgIpc) is 1.53. The van der Waals surface area contributed by atoms with E-state index in [0.29, 0.717) is 13.2 Å². The number of likely N-dealkylation sites (tertiary alicyclic amines) is 1. The number of nitrogens with two attached hydrogens (primary N) is 1. The lowest BCUT2D eigenvalue weighted by Crippen LogP contribution is -2.73. The van der Waals surface area contributed by atoms with Crippen LogP contribution in [-0.4, -0.2) is 36.2 Å². The summed E-state index contributed by atoms with van der Waals surface area (Å²) in [6, 6.07) is -0.311. The Kier molecular flexibility index (Phi) is 0.976. The number of hydrogen-bond donors (Lipinski definition) is 1. The van der Waals surface area contributed by atoms with Crippen molar-refractivity contribution in [3.63, 3.8) is 0 Å². The SMILES string of the molecule is NC(=O)N1CCC12COC2. The van der Waals surface area contributed by atoms with Gasteiger partial charge in [-0.3, -0.25) is 0 Å². The molecule has 2 rings (SSSR count). The van der Waals surface area contributed by atoms with Gasteiger partial charge in [0.1, 0.15) is 0 Å². The van der Waals surface area contributed by atoms with Gasteiger partial charge in [0.25, 0.3) is 0 Å². The molecular weight excluding hydrogens is 132 g/mol. The van der Waals surface area contributed by atoms with Gasteiger partial charge in [-0.2, -0.15) is 0 Å². The third kappa shape index (κ3) is 0.520. The smallest absolute Gasteiger partial charge is 0.315 e. The maximum Gasteiger partial charge on any atom is 0.315 e. The van der Waals surface area contributed by atoms with Gasteiger partial charge < -0.3 is 15.4 Å². The number of nitrogens with zero attached hydrogens (tertiary/aromatic N) is 1. The van der Waals surface area contributed by atoms with E-state index in [2.05, 4.69) is 0 Å². The van der Waals surface area contributed by atoms with Gasteiger partial charge in [-0.1, -0.05) is 0 Å². The van der Waals surface area contributed by atoms with E-state index in [1.54, 1.807) is 4.90 Å². The topological polar surface area (TPSA) is 55.6 Å². The number of hydrogen-bond acceptors (Lipinski definition) is 2. The van der Waals surface area contributed by atoms with E-state index in [-0.39, 0.29) is 11.6 Å². The summed E-state index contributed by atoms with van der Waals surface area (Å²) in [6.07, 6.45) is 1.05. The van der Waals surface area contributed by atoms with E-state index in [1.165, 1.54) is 0 Å². The lowest BCUT2D eigenvalue weighted by atomic mass is 9.83. The highest BCUT2D eigenvalue weighted by Crippen LogP contribution is 2.36. The molecule has 0 saturated carbocycles. The molecule has 0 atom stereocenters.